The van der Waals surface area contributed by atoms with Crippen LogP contribution in [0.2, 0.25) is 0 Å². The molecule has 25 heavy (non-hydrogen) atoms. The summed E-state index contributed by atoms with van der Waals surface area (Å²) in [6.07, 6.45) is 10.6. The molecule has 5 nitrogen and oxygen atoms in total. The lowest BCUT2D eigenvalue weighted by molar-refractivity contribution is 0.0949. The van der Waals surface area contributed by atoms with Crippen LogP contribution in [0.1, 0.15) is 68.1 Å². The van der Waals surface area contributed by atoms with Gasteiger partial charge in [0.2, 0.25) is 5.95 Å². The summed E-state index contributed by atoms with van der Waals surface area (Å²) in [6.45, 7) is 6.82. The first kappa shape index (κ1) is 17.9. The number of hydrogen-bond donors (Lipinski definition) is 1. The highest BCUT2D eigenvalue weighted by Gasteiger charge is 2.20. The first-order valence-electron chi connectivity index (χ1n) is 9.68. The third-order valence-electron chi connectivity index (χ3n) is 5.13. The molecule has 5 heteroatoms. The van der Waals surface area contributed by atoms with Gasteiger partial charge in [0.05, 0.1) is 0 Å². The minimum atomic E-state index is -0.0896. The van der Waals surface area contributed by atoms with Crippen molar-refractivity contribution in [1.82, 2.24) is 15.3 Å². The van der Waals surface area contributed by atoms with E-state index in [1.807, 2.05) is 6.92 Å². The lowest BCUT2D eigenvalue weighted by Crippen LogP contribution is -2.36. The predicted molar refractivity (Wildman–Crippen MR) is 101 cm³/mol. The third kappa shape index (κ3) is 5.03. The van der Waals surface area contributed by atoms with Crippen molar-refractivity contribution in [3.8, 4) is 0 Å². The van der Waals surface area contributed by atoms with Gasteiger partial charge in [-0.05, 0) is 63.9 Å². The predicted octanol–water partition coefficient (Wildman–Crippen LogP) is 3.64. The molecule has 0 spiro atoms. The van der Waals surface area contributed by atoms with Gasteiger partial charge in [-0.2, -0.15) is 0 Å². The van der Waals surface area contributed by atoms with Crippen LogP contribution in [0.3, 0.4) is 0 Å². The molecule has 1 N–H and O–H groups in total. The summed E-state index contributed by atoms with van der Waals surface area (Å²) in [7, 11) is 0. The smallest absolute Gasteiger partial charge is 0.270 e. The largest absolute Gasteiger partial charge is 0.350 e. The lowest BCUT2D eigenvalue weighted by Gasteiger charge is -2.31. The fraction of sp³-hybridized carbons (Fsp3) is 0.650. The molecule has 0 aromatic carbocycles. The number of amides is 1. The Hall–Kier alpha value is -1.91. The average Bonchev–Trinajstić information content (AvgIpc) is 2.62. The van der Waals surface area contributed by atoms with Gasteiger partial charge in [0, 0.05) is 25.3 Å². The van der Waals surface area contributed by atoms with E-state index in [0.717, 1.165) is 31.6 Å². The van der Waals surface area contributed by atoms with Crippen molar-refractivity contribution in [3.05, 3.63) is 29.1 Å². The van der Waals surface area contributed by atoms with Gasteiger partial charge in [-0.1, -0.05) is 18.6 Å². The number of allylic oxidation sites excluding steroid dienone is 1. The number of anilines is 1. The molecule has 2 heterocycles. The summed E-state index contributed by atoms with van der Waals surface area (Å²) >= 11 is 0. The van der Waals surface area contributed by atoms with E-state index in [1.54, 1.807) is 6.07 Å². The number of nitrogens with zero attached hydrogens (tertiary/aromatic N) is 3. The van der Waals surface area contributed by atoms with E-state index in [4.69, 9.17) is 0 Å². The number of aryl methyl sites for hydroxylation is 1. The van der Waals surface area contributed by atoms with E-state index in [1.165, 1.54) is 37.7 Å². The molecule has 1 aromatic heterocycles. The summed E-state index contributed by atoms with van der Waals surface area (Å²) in [6, 6.07) is 1.78. The van der Waals surface area contributed by atoms with E-state index < -0.39 is 0 Å². The van der Waals surface area contributed by atoms with Crippen LogP contribution in [0.5, 0.6) is 0 Å². The quantitative estimate of drug-likeness (QED) is 0.830. The fourth-order valence-electron chi connectivity index (χ4n) is 3.74. The summed E-state index contributed by atoms with van der Waals surface area (Å²) in [5.41, 5.74) is 2.81. The van der Waals surface area contributed by atoms with Crippen molar-refractivity contribution >= 4 is 11.9 Å². The average molecular weight is 342 g/mol. The van der Waals surface area contributed by atoms with Crippen molar-refractivity contribution < 1.29 is 4.79 Å². The second-order valence-electron chi connectivity index (χ2n) is 7.50. The van der Waals surface area contributed by atoms with Crippen LogP contribution in [0.15, 0.2) is 17.7 Å². The molecule has 1 aromatic rings. The number of aromatic nitrogens is 2. The van der Waals surface area contributed by atoms with Crippen LogP contribution < -0.4 is 10.2 Å². The summed E-state index contributed by atoms with van der Waals surface area (Å²) in [5, 5.41) is 3.02. The monoisotopic (exact) mass is 342 g/mol. The highest BCUT2D eigenvalue weighted by atomic mass is 16.1. The van der Waals surface area contributed by atoms with Gasteiger partial charge in [0.15, 0.2) is 0 Å². The Bertz CT molecular complexity index is 641. The van der Waals surface area contributed by atoms with Crippen molar-refractivity contribution in [2.24, 2.45) is 5.92 Å². The zero-order valence-electron chi connectivity index (χ0n) is 15.6. The van der Waals surface area contributed by atoms with Crippen molar-refractivity contribution in [1.29, 1.82) is 0 Å². The SMILES string of the molecule is Cc1cc(C(=O)NCCC2=CCCCC2)nc(N2CCCC(C)C2)n1. The number of carbonyl (C=O) groups excluding carboxylic acids is 1. The minimum absolute atomic E-state index is 0.0896. The molecule has 1 saturated heterocycles. The molecule has 1 atom stereocenters. The minimum Gasteiger partial charge on any atom is -0.350 e. The standard InChI is InChI=1S/C20H30N4O/c1-15-7-6-12-24(14-15)20-22-16(2)13-18(23-20)19(25)21-11-10-17-8-4-3-5-9-17/h8,13,15H,3-7,9-12,14H2,1-2H3,(H,21,25). The first-order valence-corrected chi connectivity index (χ1v) is 9.68. The molecular formula is C20H30N4O. The van der Waals surface area contributed by atoms with Gasteiger partial charge in [0.25, 0.3) is 5.91 Å². The van der Waals surface area contributed by atoms with Gasteiger partial charge in [-0.15, -0.1) is 0 Å². The highest BCUT2D eigenvalue weighted by Crippen LogP contribution is 2.21. The number of rotatable bonds is 5. The Morgan fingerprint density at radius 3 is 2.96 bits per heavy atom. The molecule has 3 rings (SSSR count). The van der Waals surface area contributed by atoms with Crippen molar-refractivity contribution in [2.45, 2.75) is 58.8 Å². The van der Waals surface area contributed by atoms with E-state index >= 15 is 0 Å². The summed E-state index contributed by atoms with van der Waals surface area (Å²) < 4.78 is 0. The van der Waals surface area contributed by atoms with Gasteiger partial charge in [-0.3, -0.25) is 4.79 Å². The van der Waals surface area contributed by atoms with Crippen LogP contribution in [-0.2, 0) is 0 Å². The van der Waals surface area contributed by atoms with Crippen LogP contribution in [-0.4, -0.2) is 35.5 Å². The van der Waals surface area contributed by atoms with Crippen LogP contribution in [0.4, 0.5) is 5.95 Å². The van der Waals surface area contributed by atoms with E-state index in [0.29, 0.717) is 24.1 Å². The van der Waals surface area contributed by atoms with Gasteiger partial charge in [-0.25, -0.2) is 9.97 Å². The van der Waals surface area contributed by atoms with E-state index in [-0.39, 0.29) is 5.91 Å². The molecule has 1 unspecified atom stereocenters. The van der Waals surface area contributed by atoms with Crippen LogP contribution >= 0.6 is 0 Å². The Morgan fingerprint density at radius 2 is 2.20 bits per heavy atom. The Balaban J connectivity index is 1.60. The Labute approximate surface area is 150 Å². The maximum Gasteiger partial charge on any atom is 0.270 e. The van der Waals surface area contributed by atoms with Crippen molar-refractivity contribution in [3.63, 3.8) is 0 Å². The van der Waals surface area contributed by atoms with Gasteiger partial charge >= 0.3 is 0 Å². The second-order valence-corrected chi connectivity index (χ2v) is 7.50. The van der Waals surface area contributed by atoms with Crippen LogP contribution in [0, 0.1) is 12.8 Å². The van der Waals surface area contributed by atoms with Gasteiger partial charge in [0.1, 0.15) is 5.69 Å². The second kappa shape index (κ2) is 8.45. The third-order valence-corrected chi connectivity index (χ3v) is 5.13. The maximum atomic E-state index is 12.5. The van der Waals surface area contributed by atoms with E-state index in [9.17, 15) is 4.79 Å². The maximum absolute atomic E-state index is 12.5. The number of hydrogen-bond acceptors (Lipinski definition) is 4. The van der Waals surface area contributed by atoms with Gasteiger partial charge < -0.3 is 10.2 Å². The first-order chi connectivity index (χ1) is 12.1. The molecule has 1 fully saturated rings. The zero-order chi connectivity index (χ0) is 17.6. The molecule has 1 amide bonds. The molecule has 1 aliphatic carbocycles. The topological polar surface area (TPSA) is 58.1 Å². The summed E-state index contributed by atoms with van der Waals surface area (Å²) in [4.78, 5) is 23.8. The molecule has 0 radical (unpaired) electrons. The highest BCUT2D eigenvalue weighted by molar-refractivity contribution is 5.92. The molecule has 136 valence electrons. The Morgan fingerprint density at radius 1 is 1.32 bits per heavy atom. The molecule has 2 aliphatic rings. The fourth-order valence-corrected chi connectivity index (χ4v) is 3.74. The molecule has 1 aliphatic heterocycles. The molecule has 0 saturated carbocycles. The van der Waals surface area contributed by atoms with E-state index in [2.05, 4.69) is 33.2 Å². The Kier molecular flexibility index (Phi) is 6.05. The normalized spacial score (nSPS) is 21.0. The summed E-state index contributed by atoms with van der Waals surface area (Å²) in [5.74, 6) is 1.26. The molecule has 0 bridgehead atoms. The molecular weight excluding hydrogens is 312 g/mol. The van der Waals surface area contributed by atoms with Crippen molar-refractivity contribution in [2.75, 3.05) is 24.5 Å². The van der Waals surface area contributed by atoms with Crippen LogP contribution in [0.25, 0.3) is 0 Å². The number of piperidine rings is 1. The zero-order valence-corrected chi connectivity index (χ0v) is 15.6. The number of carbonyl (C=O) groups is 1. The number of nitrogens with one attached hydrogen (secondary N) is 1. The lowest BCUT2D eigenvalue weighted by atomic mass is 9.97.